The molecule has 1 unspecified atom stereocenters. The van der Waals surface area contributed by atoms with Gasteiger partial charge in [0, 0.05) is 13.7 Å². The Bertz CT molecular complexity index is 398. The summed E-state index contributed by atoms with van der Waals surface area (Å²) in [5, 5.41) is 3.57. The molecule has 1 N–H and O–H groups in total. The number of hydrogen-bond donors (Lipinski definition) is 1. The Morgan fingerprint density at radius 2 is 2.10 bits per heavy atom. The molecule has 1 aromatic rings. The average Bonchev–Trinajstić information content (AvgIpc) is 2.39. The summed E-state index contributed by atoms with van der Waals surface area (Å²) in [4.78, 5) is 0. The van der Waals surface area contributed by atoms with Gasteiger partial charge >= 0.3 is 0 Å². The maximum absolute atomic E-state index is 14.0. The molecule has 0 aliphatic rings. The molecule has 2 nitrogen and oxygen atoms in total. The number of benzene rings is 1. The zero-order chi connectivity index (χ0) is 15.0. The highest BCUT2D eigenvalue weighted by atomic mass is 35.5. The summed E-state index contributed by atoms with van der Waals surface area (Å²) in [6.07, 6.45) is 1.77. The highest BCUT2D eigenvalue weighted by Crippen LogP contribution is 2.23. The first-order valence-corrected chi connectivity index (χ1v) is 7.55. The van der Waals surface area contributed by atoms with Crippen LogP contribution in [0, 0.1) is 17.7 Å². The first-order chi connectivity index (χ1) is 9.54. The number of rotatable bonds is 9. The molecule has 0 saturated carbocycles. The first-order valence-electron chi connectivity index (χ1n) is 7.17. The van der Waals surface area contributed by atoms with E-state index in [0.29, 0.717) is 30.4 Å². The lowest BCUT2D eigenvalue weighted by atomic mass is 9.90. The summed E-state index contributed by atoms with van der Waals surface area (Å²) in [6, 6.07) is 5.23. The van der Waals surface area contributed by atoms with Crippen molar-refractivity contribution >= 4 is 11.6 Å². The van der Waals surface area contributed by atoms with Gasteiger partial charge in [0.15, 0.2) is 0 Å². The van der Waals surface area contributed by atoms with Crippen LogP contribution in [0.1, 0.15) is 25.8 Å². The zero-order valence-corrected chi connectivity index (χ0v) is 13.3. The van der Waals surface area contributed by atoms with Crippen LogP contribution in [0.2, 0.25) is 5.02 Å². The fraction of sp³-hybridized carbons (Fsp3) is 0.625. The molecule has 20 heavy (non-hydrogen) atoms. The lowest BCUT2D eigenvalue weighted by Crippen LogP contribution is -2.28. The van der Waals surface area contributed by atoms with Gasteiger partial charge in [0.05, 0.1) is 11.6 Å². The van der Waals surface area contributed by atoms with Gasteiger partial charge in [-0.2, -0.15) is 0 Å². The molecule has 1 atom stereocenters. The molecule has 0 spiro atoms. The number of ether oxygens (including phenoxy) is 1. The Kier molecular flexibility index (Phi) is 8.12. The Morgan fingerprint density at radius 3 is 2.75 bits per heavy atom. The van der Waals surface area contributed by atoms with E-state index in [-0.39, 0.29) is 10.8 Å². The van der Waals surface area contributed by atoms with Crippen molar-refractivity contribution in [2.75, 3.05) is 26.8 Å². The van der Waals surface area contributed by atoms with Gasteiger partial charge in [-0.15, -0.1) is 0 Å². The molecule has 4 heteroatoms. The van der Waals surface area contributed by atoms with Crippen molar-refractivity contribution in [3.05, 3.63) is 34.6 Å². The van der Waals surface area contributed by atoms with Crippen LogP contribution in [0.25, 0.3) is 0 Å². The van der Waals surface area contributed by atoms with E-state index in [2.05, 4.69) is 19.2 Å². The molecule has 114 valence electrons. The third-order valence-corrected chi connectivity index (χ3v) is 3.55. The normalized spacial score (nSPS) is 12.9. The van der Waals surface area contributed by atoms with Crippen molar-refractivity contribution in [1.29, 1.82) is 0 Å². The summed E-state index contributed by atoms with van der Waals surface area (Å²) < 4.78 is 19.0. The Hall–Kier alpha value is -0.640. The SMILES string of the molecule is COCCNCC(Cc1cccc(Cl)c1F)CC(C)C. The summed E-state index contributed by atoms with van der Waals surface area (Å²) in [7, 11) is 1.69. The molecule has 1 rings (SSSR count). The van der Waals surface area contributed by atoms with Crippen LogP contribution < -0.4 is 5.32 Å². The number of halogens is 2. The fourth-order valence-corrected chi connectivity index (χ4v) is 2.60. The van der Waals surface area contributed by atoms with Crippen molar-refractivity contribution in [3.63, 3.8) is 0 Å². The van der Waals surface area contributed by atoms with Crippen LogP contribution in [0.15, 0.2) is 18.2 Å². The molecular formula is C16H25ClFNO. The van der Waals surface area contributed by atoms with Crippen molar-refractivity contribution in [3.8, 4) is 0 Å². The van der Waals surface area contributed by atoms with Crippen molar-refractivity contribution in [2.24, 2.45) is 11.8 Å². The van der Waals surface area contributed by atoms with Crippen LogP contribution >= 0.6 is 11.6 Å². The van der Waals surface area contributed by atoms with E-state index < -0.39 is 0 Å². The topological polar surface area (TPSA) is 21.3 Å². The van der Waals surface area contributed by atoms with E-state index in [1.54, 1.807) is 13.2 Å². The maximum atomic E-state index is 14.0. The summed E-state index contributed by atoms with van der Waals surface area (Å²) in [5.41, 5.74) is 0.705. The molecule has 0 aromatic heterocycles. The Balaban J connectivity index is 2.61. The minimum atomic E-state index is -0.278. The molecule has 1 aromatic carbocycles. The predicted molar refractivity (Wildman–Crippen MR) is 82.8 cm³/mol. The highest BCUT2D eigenvalue weighted by molar-refractivity contribution is 6.30. The maximum Gasteiger partial charge on any atom is 0.144 e. The fourth-order valence-electron chi connectivity index (χ4n) is 2.40. The van der Waals surface area contributed by atoms with Gasteiger partial charge in [0.1, 0.15) is 5.82 Å². The number of nitrogens with one attached hydrogen (secondary N) is 1. The molecule has 0 bridgehead atoms. The number of hydrogen-bond acceptors (Lipinski definition) is 2. The van der Waals surface area contributed by atoms with Gasteiger partial charge in [0.2, 0.25) is 0 Å². The van der Waals surface area contributed by atoms with Crippen LogP contribution in [0.4, 0.5) is 4.39 Å². The van der Waals surface area contributed by atoms with Crippen molar-refractivity contribution in [1.82, 2.24) is 5.32 Å². The highest BCUT2D eigenvalue weighted by Gasteiger charge is 2.15. The minimum absolute atomic E-state index is 0.207. The zero-order valence-electron chi connectivity index (χ0n) is 12.6. The third-order valence-electron chi connectivity index (χ3n) is 3.26. The van der Waals surface area contributed by atoms with Gasteiger partial charge in [-0.05, 0) is 42.9 Å². The third kappa shape index (κ3) is 6.21. The summed E-state index contributed by atoms with van der Waals surface area (Å²) >= 11 is 5.84. The van der Waals surface area contributed by atoms with E-state index in [0.717, 1.165) is 19.5 Å². The summed E-state index contributed by atoms with van der Waals surface area (Å²) in [6.45, 7) is 6.77. The molecular weight excluding hydrogens is 277 g/mol. The van der Waals surface area contributed by atoms with Crippen LogP contribution in [0.3, 0.4) is 0 Å². The van der Waals surface area contributed by atoms with E-state index >= 15 is 0 Å². The second kappa shape index (κ2) is 9.32. The molecule has 0 saturated heterocycles. The van der Waals surface area contributed by atoms with E-state index in [1.807, 2.05) is 12.1 Å². The average molecular weight is 302 g/mol. The lowest BCUT2D eigenvalue weighted by molar-refractivity contribution is 0.197. The Morgan fingerprint density at radius 1 is 1.35 bits per heavy atom. The van der Waals surface area contributed by atoms with Crippen LogP contribution in [-0.2, 0) is 11.2 Å². The molecule has 0 radical (unpaired) electrons. The monoisotopic (exact) mass is 301 g/mol. The van der Waals surface area contributed by atoms with Gasteiger partial charge < -0.3 is 10.1 Å². The van der Waals surface area contributed by atoms with Gasteiger partial charge in [0.25, 0.3) is 0 Å². The van der Waals surface area contributed by atoms with E-state index in [1.165, 1.54) is 0 Å². The summed E-state index contributed by atoms with van der Waals surface area (Å²) in [5.74, 6) is 0.714. The second-order valence-corrected chi connectivity index (χ2v) is 6.02. The quantitative estimate of drug-likeness (QED) is 0.698. The molecule has 0 aliphatic carbocycles. The van der Waals surface area contributed by atoms with Gasteiger partial charge in [-0.3, -0.25) is 0 Å². The van der Waals surface area contributed by atoms with Crippen LogP contribution in [-0.4, -0.2) is 26.8 Å². The van der Waals surface area contributed by atoms with E-state index in [4.69, 9.17) is 16.3 Å². The van der Waals surface area contributed by atoms with Crippen LogP contribution in [0.5, 0.6) is 0 Å². The number of methoxy groups -OCH3 is 1. The molecule has 0 fully saturated rings. The second-order valence-electron chi connectivity index (χ2n) is 5.61. The molecule has 0 aliphatic heterocycles. The van der Waals surface area contributed by atoms with Crippen molar-refractivity contribution in [2.45, 2.75) is 26.7 Å². The molecule has 0 heterocycles. The first kappa shape index (κ1) is 17.4. The predicted octanol–water partition coefficient (Wildman–Crippen LogP) is 3.92. The minimum Gasteiger partial charge on any atom is -0.383 e. The lowest BCUT2D eigenvalue weighted by Gasteiger charge is -2.20. The largest absolute Gasteiger partial charge is 0.383 e. The van der Waals surface area contributed by atoms with Crippen molar-refractivity contribution < 1.29 is 9.13 Å². The molecule has 0 amide bonds. The van der Waals surface area contributed by atoms with Gasteiger partial charge in [-0.1, -0.05) is 37.6 Å². The smallest absolute Gasteiger partial charge is 0.144 e. The van der Waals surface area contributed by atoms with Gasteiger partial charge in [-0.25, -0.2) is 4.39 Å². The Labute approximate surface area is 126 Å². The standard InChI is InChI=1S/C16H25ClFNO/c1-12(2)9-13(11-19-7-8-20-3)10-14-5-4-6-15(17)16(14)18/h4-6,12-13,19H,7-11H2,1-3H3. The van der Waals surface area contributed by atoms with E-state index in [9.17, 15) is 4.39 Å².